The first kappa shape index (κ1) is 21.8. The number of aromatic nitrogens is 6. The Kier molecular flexibility index (Phi) is 6.09. The van der Waals surface area contributed by atoms with Gasteiger partial charge >= 0.3 is 5.69 Å². The maximum absolute atomic E-state index is 13.5. The predicted octanol–water partition coefficient (Wildman–Crippen LogP) is 1.98. The summed E-state index contributed by atoms with van der Waals surface area (Å²) in [6.07, 6.45) is 0.582. The number of fused-ring (bicyclic) bond motifs is 1. The Labute approximate surface area is 185 Å². The zero-order valence-electron chi connectivity index (χ0n) is 18.9. The lowest BCUT2D eigenvalue weighted by atomic mass is 10.1. The lowest BCUT2D eigenvalue weighted by molar-refractivity contribution is 0.139. The van der Waals surface area contributed by atoms with Gasteiger partial charge in [-0.15, -0.1) is 0 Å². The van der Waals surface area contributed by atoms with Crippen LogP contribution in [0.4, 0.5) is 0 Å². The van der Waals surface area contributed by atoms with Crippen LogP contribution in [0.2, 0.25) is 0 Å². The molecule has 0 bridgehead atoms. The zero-order chi connectivity index (χ0) is 22.8. The highest BCUT2D eigenvalue weighted by atomic mass is 16.5. The highest BCUT2D eigenvalue weighted by Crippen LogP contribution is 2.17. The first-order valence-corrected chi connectivity index (χ1v) is 10.8. The lowest BCUT2D eigenvalue weighted by Gasteiger charge is -2.11. The quantitative estimate of drug-likeness (QED) is 0.394. The van der Waals surface area contributed by atoms with Gasteiger partial charge in [0.25, 0.3) is 5.56 Å². The molecule has 4 aromatic rings. The average molecular weight is 437 g/mol. The average Bonchev–Trinajstić information content (AvgIpc) is 3.32. The van der Waals surface area contributed by atoms with Crippen LogP contribution in [0.5, 0.6) is 0 Å². The first-order valence-electron chi connectivity index (χ1n) is 10.8. The molecule has 0 aliphatic carbocycles. The Bertz CT molecular complexity index is 1360. The molecule has 168 valence electrons. The highest BCUT2D eigenvalue weighted by Gasteiger charge is 2.22. The minimum atomic E-state index is -0.382. The molecule has 0 saturated heterocycles. The van der Waals surface area contributed by atoms with Crippen molar-refractivity contribution < 1.29 is 4.74 Å². The van der Waals surface area contributed by atoms with Gasteiger partial charge in [-0.25, -0.2) is 9.48 Å². The van der Waals surface area contributed by atoms with Gasteiger partial charge in [0.15, 0.2) is 11.2 Å². The van der Waals surface area contributed by atoms with Crippen molar-refractivity contribution in [2.45, 2.75) is 40.3 Å². The molecule has 9 heteroatoms. The van der Waals surface area contributed by atoms with Gasteiger partial charge in [0.1, 0.15) is 0 Å². The topological polar surface area (TPSA) is 88.9 Å². The number of rotatable bonds is 8. The summed E-state index contributed by atoms with van der Waals surface area (Å²) in [6, 6.07) is 11.8. The van der Waals surface area contributed by atoms with Gasteiger partial charge in [-0.05, 0) is 38.8 Å². The van der Waals surface area contributed by atoms with E-state index in [1.165, 1.54) is 9.13 Å². The second-order valence-corrected chi connectivity index (χ2v) is 7.81. The lowest BCUT2D eigenvalue weighted by Crippen LogP contribution is -2.40. The van der Waals surface area contributed by atoms with Gasteiger partial charge in [-0.3, -0.25) is 13.9 Å². The van der Waals surface area contributed by atoms with Gasteiger partial charge in [0.05, 0.1) is 12.3 Å². The zero-order valence-corrected chi connectivity index (χ0v) is 18.9. The number of ether oxygens (including phenoxy) is 1. The summed E-state index contributed by atoms with van der Waals surface area (Å²) >= 11 is 0. The number of imidazole rings is 1. The van der Waals surface area contributed by atoms with E-state index in [0.717, 1.165) is 17.0 Å². The molecule has 3 aromatic heterocycles. The first-order chi connectivity index (χ1) is 15.4. The van der Waals surface area contributed by atoms with E-state index in [1.807, 2.05) is 61.7 Å². The molecule has 0 N–H and O–H groups in total. The maximum Gasteiger partial charge on any atom is 0.332 e. The van der Waals surface area contributed by atoms with Crippen LogP contribution in [0.3, 0.4) is 0 Å². The second kappa shape index (κ2) is 8.96. The van der Waals surface area contributed by atoms with E-state index in [4.69, 9.17) is 4.74 Å². The monoisotopic (exact) mass is 436 g/mol. The van der Waals surface area contributed by atoms with Crippen LogP contribution in [0.25, 0.3) is 17.1 Å². The van der Waals surface area contributed by atoms with Crippen molar-refractivity contribution in [1.82, 2.24) is 28.5 Å². The molecular weight excluding hydrogens is 408 g/mol. The highest BCUT2D eigenvalue weighted by molar-refractivity contribution is 5.72. The fourth-order valence-electron chi connectivity index (χ4n) is 3.95. The third-order valence-electron chi connectivity index (χ3n) is 5.54. The molecule has 0 fully saturated rings. The summed E-state index contributed by atoms with van der Waals surface area (Å²) in [6.45, 7) is 7.46. The summed E-state index contributed by atoms with van der Waals surface area (Å²) < 4.78 is 11.8. The molecule has 9 nitrogen and oxygen atoms in total. The van der Waals surface area contributed by atoms with Crippen LogP contribution in [-0.2, 0) is 31.3 Å². The smallest absolute Gasteiger partial charge is 0.332 e. The predicted molar refractivity (Wildman–Crippen MR) is 122 cm³/mol. The number of hydrogen-bond acceptors (Lipinski definition) is 5. The summed E-state index contributed by atoms with van der Waals surface area (Å²) in [5, 5.41) is 4.54. The SMILES string of the molecule is CCOCCn1c(-n2nc(C)cc2C)nc2c1c(=O)n(CCc1ccccc1)c(=O)n2C. The van der Waals surface area contributed by atoms with Crippen molar-refractivity contribution in [3.05, 3.63) is 74.2 Å². The molecule has 0 spiro atoms. The van der Waals surface area contributed by atoms with E-state index in [0.29, 0.717) is 43.3 Å². The number of aryl methyl sites for hydroxylation is 4. The summed E-state index contributed by atoms with van der Waals surface area (Å²) in [5.74, 6) is 0.498. The Morgan fingerprint density at radius 2 is 1.78 bits per heavy atom. The molecular formula is C23H28N6O3. The van der Waals surface area contributed by atoms with Crippen molar-refractivity contribution in [2.24, 2.45) is 7.05 Å². The van der Waals surface area contributed by atoms with Crippen molar-refractivity contribution in [3.63, 3.8) is 0 Å². The van der Waals surface area contributed by atoms with Crippen LogP contribution >= 0.6 is 0 Å². The van der Waals surface area contributed by atoms with E-state index in [9.17, 15) is 9.59 Å². The normalized spacial score (nSPS) is 11.5. The molecule has 0 aliphatic rings. The number of nitrogens with zero attached hydrogens (tertiary/aromatic N) is 6. The summed E-state index contributed by atoms with van der Waals surface area (Å²) in [5.41, 5.74) is 2.79. The fraction of sp³-hybridized carbons (Fsp3) is 0.391. The molecule has 4 rings (SSSR count). The Hall–Kier alpha value is -3.46. The largest absolute Gasteiger partial charge is 0.380 e. The Morgan fingerprint density at radius 3 is 2.44 bits per heavy atom. The third-order valence-corrected chi connectivity index (χ3v) is 5.54. The van der Waals surface area contributed by atoms with Gasteiger partial charge in [-0.1, -0.05) is 30.3 Å². The maximum atomic E-state index is 13.5. The van der Waals surface area contributed by atoms with Gasteiger partial charge < -0.3 is 9.30 Å². The molecule has 0 amide bonds. The van der Waals surface area contributed by atoms with Crippen molar-refractivity contribution in [3.8, 4) is 5.95 Å². The molecule has 0 unspecified atom stereocenters. The van der Waals surface area contributed by atoms with E-state index >= 15 is 0 Å². The van der Waals surface area contributed by atoms with Crippen LogP contribution < -0.4 is 11.2 Å². The van der Waals surface area contributed by atoms with Crippen LogP contribution in [0, 0.1) is 13.8 Å². The second-order valence-electron chi connectivity index (χ2n) is 7.81. The van der Waals surface area contributed by atoms with Gasteiger partial charge in [-0.2, -0.15) is 10.1 Å². The molecule has 0 radical (unpaired) electrons. The number of benzene rings is 1. The summed E-state index contributed by atoms with van der Waals surface area (Å²) in [4.78, 5) is 31.2. The van der Waals surface area contributed by atoms with Crippen LogP contribution in [-0.4, -0.2) is 41.7 Å². The minimum absolute atomic E-state index is 0.289. The van der Waals surface area contributed by atoms with Crippen LogP contribution in [0.15, 0.2) is 46.0 Å². The fourth-order valence-corrected chi connectivity index (χ4v) is 3.95. The van der Waals surface area contributed by atoms with E-state index in [1.54, 1.807) is 11.7 Å². The van der Waals surface area contributed by atoms with Crippen molar-refractivity contribution in [1.29, 1.82) is 0 Å². The number of hydrogen-bond donors (Lipinski definition) is 0. The third kappa shape index (κ3) is 3.91. The van der Waals surface area contributed by atoms with Crippen molar-refractivity contribution >= 4 is 11.2 Å². The molecule has 0 aliphatic heterocycles. The molecule has 0 saturated carbocycles. The van der Waals surface area contributed by atoms with Gasteiger partial charge in [0, 0.05) is 32.4 Å². The molecule has 32 heavy (non-hydrogen) atoms. The Morgan fingerprint density at radius 1 is 1.03 bits per heavy atom. The molecule has 1 aromatic carbocycles. The van der Waals surface area contributed by atoms with Gasteiger partial charge in [0.2, 0.25) is 5.95 Å². The summed E-state index contributed by atoms with van der Waals surface area (Å²) in [7, 11) is 1.65. The Balaban J connectivity index is 1.89. The molecule has 0 atom stereocenters. The van der Waals surface area contributed by atoms with E-state index < -0.39 is 0 Å². The standard InChI is InChI=1S/C23H28N6O3/c1-5-32-14-13-27-19-20(24-22(27)29-17(3)15-16(2)25-29)26(4)23(31)28(21(19)30)12-11-18-9-7-6-8-10-18/h6-10,15H,5,11-14H2,1-4H3. The van der Waals surface area contributed by atoms with E-state index in [-0.39, 0.29) is 17.8 Å². The molecule has 3 heterocycles. The minimum Gasteiger partial charge on any atom is -0.380 e. The van der Waals surface area contributed by atoms with Crippen molar-refractivity contribution in [2.75, 3.05) is 13.2 Å². The van der Waals surface area contributed by atoms with E-state index in [2.05, 4.69) is 10.1 Å². The van der Waals surface area contributed by atoms with Crippen LogP contribution in [0.1, 0.15) is 23.9 Å².